The van der Waals surface area contributed by atoms with Crippen LogP contribution in [0.5, 0.6) is 0 Å². The van der Waals surface area contributed by atoms with E-state index in [0.29, 0.717) is 12.8 Å². The van der Waals surface area contributed by atoms with Crippen molar-refractivity contribution < 1.29 is 29.1 Å². The molecule has 1 fully saturated rings. The second-order valence-corrected chi connectivity index (χ2v) is 7.97. The van der Waals surface area contributed by atoms with Crippen molar-refractivity contribution in [2.24, 2.45) is 17.4 Å². The van der Waals surface area contributed by atoms with Crippen LogP contribution in [0.4, 0.5) is 0 Å². The molecule has 0 aromatic carbocycles. The Bertz CT molecular complexity index is 673. The average Bonchev–Trinajstić information content (AvgIpc) is 3.17. The van der Waals surface area contributed by atoms with E-state index < -0.39 is 53.8 Å². The number of rotatable bonds is 11. The lowest BCUT2D eigenvalue weighted by molar-refractivity contribution is -0.149. The lowest BCUT2D eigenvalue weighted by Gasteiger charge is -2.28. The summed E-state index contributed by atoms with van der Waals surface area (Å²) in [6, 6.07) is -4.05. The predicted molar refractivity (Wildman–Crippen MR) is 111 cm³/mol. The highest BCUT2D eigenvalue weighted by molar-refractivity contribution is 7.80. The van der Waals surface area contributed by atoms with Gasteiger partial charge in [-0.25, -0.2) is 4.79 Å². The molecule has 7 N–H and O–H groups in total. The molecule has 11 nitrogen and oxygen atoms in total. The first kappa shape index (κ1) is 25.7. The summed E-state index contributed by atoms with van der Waals surface area (Å²) in [4.78, 5) is 61.5. The number of hydrogen-bond acceptors (Lipinski definition) is 7. The van der Waals surface area contributed by atoms with Gasteiger partial charge in [0.05, 0.1) is 6.04 Å². The molecule has 0 radical (unpaired) electrons. The molecular weight excluding hydrogens is 414 g/mol. The van der Waals surface area contributed by atoms with Gasteiger partial charge in [0.1, 0.15) is 18.1 Å². The summed E-state index contributed by atoms with van der Waals surface area (Å²) in [6.07, 6.45) is 0.633. The molecule has 4 amide bonds. The quantitative estimate of drug-likeness (QED) is 0.203. The number of primary amides is 1. The topological polar surface area (TPSA) is 185 Å². The fourth-order valence-corrected chi connectivity index (χ4v) is 3.32. The second kappa shape index (κ2) is 11.7. The standard InChI is InChI=1S/C18H31N5O6S/c1-9(2)14(20)16(26)21-10(5-6-13(19)24)15(25)22-11(8-30)17(27)23-7-3-4-12(23)18(28)29/h9-12,14,30H,3-8,20H2,1-2H3,(H2,19,24)(H,21,26)(H,22,25)(H,28,29). The molecule has 0 saturated carbocycles. The maximum absolute atomic E-state index is 12.8. The first-order valence-electron chi connectivity index (χ1n) is 9.78. The molecule has 0 aromatic rings. The Balaban J connectivity index is 2.90. The second-order valence-electron chi connectivity index (χ2n) is 7.61. The Morgan fingerprint density at radius 1 is 1.13 bits per heavy atom. The SMILES string of the molecule is CC(C)C(N)C(=O)NC(CCC(N)=O)C(=O)NC(CS)C(=O)N1CCCC1C(=O)O. The van der Waals surface area contributed by atoms with E-state index in [9.17, 15) is 29.1 Å². The maximum atomic E-state index is 12.8. The normalized spacial score (nSPS) is 19.1. The minimum atomic E-state index is -1.14. The number of hydrogen-bond donors (Lipinski definition) is 6. The van der Waals surface area contributed by atoms with Gasteiger partial charge in [-0.2, -0.15) is 12.6 Å². The number of carbonyl (C=O) groups excluding carboxylic acids is 4. The molecule has 1 saturated heterocycles. The molecule has 0 aliphatic carbocycles. The van der Waals surface area contributed by atoms with E-state index in [1.807, 2.05) is 0 Å². The number of likely N-dealkylation sites (tertiary alicyclic amines) is 1. The molecule has 1 aliphatic rings. The fourth-order valence-electron chi connectivity index (χ4n) is 3.07. The summed E-state index contributed by atoms with van der Waals surface area (Å²) in [5, 5.41) is 14.3. The van der Waals surface area contributed by atoms with Crippen LogP contribution in [-0.4, -0.2) is 76.1 Å². The Morgan fingerprint density at radius 2 is 1.73 bits per heavy atom. The first-order valence-corrected chi connectivity index (χ1v) is 10.4. The number of aliphatic carboxylic acids is 1. The van der Waals surface area contributed by atoms with Gasteiger partial charge in [-0.05, 0) is 25.2 Å². The lowest BCUT2D eigenvalue weighted by atomic mass is 10.0. The molecule has 4 atom stereocenters. The zero-order valence-corrected chi connectivity index (χ0v) is 18.1. The molecule has 12 heteroatoms. The van der Waals surface area contributed by atoms with Crippen molar-refractivity contribution >= 4 is 42.2 Å². The molecule has 4 unspecified atom stereocenters. The van der Waals surface area contributed by atoms with E-state index in [2.05, 4.69) is 23.3 Å². The Morgan fingerprint density at radius 3 is 2.23 bits per heavy atom. The van der Waals surface area contributed by atoms with Crippen LogP contribution in [0.15, 0.2) is 0 Å². The van der Waals surface area contributed by atoms with Gasteiger partial charge in [0.2, 0.25) is 23.6 Å². The van der Waals surface area contributed by atoms with Crippen molar-refractivity contribution in [3.63, 3.8) is 0 Å². The van der Waals surface area contributed by atoms with E-state index in [1.165, 1.54) is 4.90 Å². The molecular formula is C18H31N5O6S. The van der Waals surface area contributed by atoms with E-state index >= 15 is 0 Å². The van der Waals surface area contributed by atoms with Crippen molar-refractivity contribution in [2.45, 2.75) is 63.7 Å². The number of carbonyl (C=O) groups is 5. The molecule has 1 rings (SSSR count). The molecule has 1 aliphatic heterocycles. The van der Waals surface area contributed by atoms with Crippen molar-refractivity contribution in [1.82, 2.24) is 15.5 Å². The largest absolute Gasteiger partial charge is 0.480 e. The van der Waals surface area contributed by atoms with Crippen LogP contribution in [0.3, 0.4) is 0 Å². The minimum absolute atomic E-state index is 0.0740. The summed E-state index contributed by atoms with van der Waals surface area (Å²) >= 11 is 4.10. The summed E-state index contributed by atoms with van der Waals surface area (Å²) in [7, 11) is 0. The van der Waals surface area contributed by atoms with Gasteiger partial charge < -0.3 is 32.1 Å². The lowest BCUT2D eigenvalue weighted by Crippen LogP contribution is -2.58. The van der Waals surface area contributed by atoms with Gasteiger partial charge in [0.25, 0.3) is 0 Å². The number of nitrogens with two attached hydrogens (primary N) is 2. The van der Waals surface area contributed by atoms with Crippen LogP contribution in [-0.2, 0) is 24.0 Å². The third-order valence-electron chi connectivity index (χ3n) is 4.95. The smallest absolute Gasteiger partial charge is 0.326 e. The zero-order chi connectivity index (χ0) is 23.0. The Kier molecular flexibility index (Phi) is 10.1. The monoisotopic (exact) mass is 445 g/mol. The van der Waals surface area contributed by atoms with Crippen LogP contribution in [0, 0.1) is 5.92 Å². The third kappa shape index (κ3) is 7.17. The first-order chi connectivity index (χ1) is 14.0. The molecule has 0 spiro atoms. The van der Waals surface area contributed by atoms with Crippen molar-refractivity contribution in [3.05, 3.63) is 0 Å². The number of nitrogens with zero attached hydrogens (tertiary/aromatic N) is 1. The van der Waals surface area contributed by atoms with E-state index in [1.54, 1.807) is 13.8 Å². The minimum Gasteiger partial charge on any atom is -0.480 e. The summed E-state index contributed by atoms with van der Waals surface area (Å²) in [6.45, 7) is 3.75. The van der Waals surface area contributed by atoms with Crippen LogP contribution >= 0.6 is 12.6 Å². The van der Waals surface area contributed by atoms with E-state index in [-0.39, 0.29) is 31.1 Å². The number of carboxylic acid groups (broad SMARTS) is 1. The van der Waals surface area contributed by atoms with Crippen LogP contribution in [0.2, 0.25) is 0 Å². The predicted octanol–water partition coefficient (Wildman–Crippen LogP) is -1.79. The number of nitrogens with one attached hydrogen (secondary N) is 2. The van der Waals surface area contributed by atoms with Crippen molar-refractivity contribution in [3.8, 4) is 0 Å². The fraction of sp³-hybridized carbons (Fsp3) is 0.722. The Labute approximate surface area is 180 Å². The van der Waals surface area contributed by atoms with Gasteiger partial charge >= 0.3 is 5.97 Å². The highest BCUT2D eigenvalue weighted by Crippen LogP contribution is 2.19. The number of amides is 4. The highest BCUT2D eigenvalue weighted by atomic mass is 32.1. The van der Waals surface area contributed by atoms with Crippen LogP contribution < -0.4 is 22.1 Å². The molecule has 170 valence electrons. The van der Waals surface area contributed by atoms with Crippen LogP contribution in [0.25, 0.3) is 0 Å². The van der Waals surface area contributed by atoms with Gasteiger partial charge in [-0.1, -0.05) is 13.8 Å². The van der Waals surface area contributed by atoms with Gasteiger partial charge in [0, 0.05) is 18.7 Å². The zero-order valence-electron chi connectivity index (χ0n) is 17.2. The summed E-state index contributed by atoms with van der Waals surface area (Å²) < 4.78 is 0. The van der Waals surface area contributed by atoms with Gasteiger partial charge in [0.15, 0.2) is 0 Å². The molecule has 30 heavy (non-hydrogen) atoms. The molecule has 0 aromatic heterocycles. The van der Waals surface area contributed by atoms with E-state index in [0.717, 1.165) is 0 Å². The Hall–Kier alpha value is -2.34. The summed E-state index contributed by atoms with van der Waals surface area (Å²) in [5.41, 5.74) is 10.9. The van der Waals surface area contributed by atoms with Gasteiger partial charge in [-0.15, -0.1) is 0 Å². The van der Waals surface area contributed by atoms with Crippen molar-refractivity contribution in [1.29, 1.82) is 0 Å². The molecule has 1 heterocycles. The summed E-state index contributed by atoms with van der Waals surface area (Å²) in [5.74, 6) is -3.87. The molecule has 0 bridgehead atoms. The number of thiol groups is 1. The van der Waals surface area contributed by atoms with Crippen LogP contribution in [0.1, 0.15) is 39.5 Å². The van der Waals surface area contributed by atoms with Crippen molar-refractivity contribution in [2.75, 3.05) is 12.3 Å². The third-order valence-corrected chi connectivity index (χ3v) is 5.32. The maximum Gasteiger partial charge on any atom is 0.326 e. The number of carboxylic acids is 1. The average molecular weight is 446 g/mol. The van der Waals surface area contributed by atoms with E-state index in [4.69, 9.17) is 11.5 Å². The van der Waals surface area contributed by atoms with Gasteiger partial charge in [-0.3, -0.25) is 19.2 Å². The highest BCUT2D eigenvalue weighted by Gasteiger charge is 2.38.